The van der Waals surface area contributed by atoms with Crippen molar-refractivity contribution in [3.8, 4) is 5.75 Å². The number of esters is 1. The minimum Gasteiger partial charge on any atom is -0.481 e. The number of nitrogens with one attached hydrogen (secondary N) is 1. The number of rotatable bonds is 8. The number of amides is 1. The highest BCUT2D eigenvalue weighted by Gasteiger charge is 2.22. The Balaban J connectivity index is 2.33. The standard InChI is InChI=1S/C23H27NO5/c1-14(2)16-10-7-11-17(15(3)4)21(16)29-23(28)19-9-6-5-8-18(19)22(27)24-13-12-20(25)26/h5-11,14-15H,12-13H2,1-4H3,(H,24,27)(H,25,26). The molecule has 0 aliphatic rings. The van der Waals surface area contributed by atoms with E-state index in [1.54, 1.807) is 12.1 Å². The van der Waals surface area contributed by atoms with Gasteiger partial charge >= 0.3 is 11.9 Å². The van der Waals surface area contributed by atoms with E-state index in [4.69, 9.17) is 9.84 Å². The highest BCUT2D eigenvalue weighted by molar-refractivity contribution is 6.06. The third-order valence-electron chi connectivity index (χ3n) is 4.53. The molecule has 0 aliphatic carbocycles. The molecule has 0 saturated carbocycles. The number of benzene rings is 2. The van der Waals surface area contributed by atoms with E-state index < -0.39 is 17.8 Å². The van der Waals surface area contributed by atoms with E-state index in [0.717, 1.165) is 11.1 Å². The normalized spacial score (nSPS) is 10.8. The fourth-order valence-electron chi connectivity index (χ4n) is 2.99. The topological polar surface area (TPSA) is 92.7 Å². The zero-order valence-corrected chi connectivity index (χ0v) is 17.2. The van der Waals surface area contributed by atoms with E-state index in [2.05, 4.69) is 5.32 Å². The Morgan fingerprint density at radius 2 is 1.45 bits per heavy atom. The molecular formula is C23H27NO5. The number of hydrogen-bond acceptors (Lipinski definition) is 4. The SMILES string of the molecule is CC(C)c1cccc(C(C)C)c1OC(=O)c1ccccc1C(=O)NCCC(=O)O. The predicted molar refractivity (Wildman–Crippen MR) is 111 cm³/mol. The van der Waals surface area contributed by atoms with Crippen molar-refractivity contribution in [3.05, 3.63) is 64.7 Å². The average Bonchev–Trinajstić information content (AvgIpc) is 2.67. The summed E-state index contributed by atoms with van der Waals surface area (Å²) in [4.78, 5) is 36.1. The summed E-state index contributed by atoms with van der Waals surface area (Å²) in [5, 5.41) is 11.2. The second-order valence-corrected chi connectivity index (χ2v) is 7.41. The zero-order chi connectivity index (χ0) is 21.6. The minimum absolute atomic E-state index is 0.0226. The number of ether oxygens (including phenoxy) is 1. The largest absolute Gasteiger partial charge is 0.481 e. The molecule has 154 valence electrons. The van der Waals surface area contributed by atoms with Gasteiger partial charge in [-0.3, -0.25) is 9.59 Å². The molecule has 1 amide bonds. The van der Waals surface area contributed by atoms with Crippen LogP contribution in [0.15, 0.2) is 42.5 Å². The summed E-state index contributed by atoms with van der Waals surface area (Å²) in [7, 11) is 0. The lowest BCUT2D eigenvalue weighted by Crippen LogP contribution is -2.28. The van der Waals surface area contributed by atoms with E-state index in [0.29, 0.717) is 5.75 Å². The highest BCUT2D eigenvalue weighted by Crippen LogP contribution is 2.35. The summed E-state index contributed by atoms with van der Waals surface area (Å²) in [5.41, 5.74) is 2.13. The highest BCUT2D eigenvalue weighted by atomic mass is 16.5. The van der Waals surface area contributed by atoms with E-state index >= 15 is 0 Å². The molecule has 6 heteroatoms. The molecule has 0 heterocycles. The Labute approximate surface area is 170 Å². The first-order valence-electron chi connectivity index (χ1n) is 9.66. The molecule has 0 aromatic heterocycles. The van der Waals surface area contributed by atoms with E-state index in [1.807, 2.05) is 45.9 Å². The first-order valence-corrected chi connectivity index (χ1v) is 9.66. The molecular weight excluding hydrogens is 370 g/mol. The third-order valence-corrected chi connectivity index (χ3v) is 4.53. The van der Waals surface area contributed by atoms with Crippen molar-refractivity contribution < 1.29 is 24.2 Å². The van der Waals surface area contributed by atoms with Gasteiger partial charge < -0.3 is 15.2 Å². The summed E-state index contributed by atoms with van der Waals surface area (Å²) in [6.45, 7) is 8.09. The van der Waals surface area contributed by atoms with Crippen LogP contribution >= 0.6 is 0 Å². The lowest BCUT2D eigenvalue weighted by molar-refractivity contribution is -0.136. The molecule has 0 radical (unpaired) electrons. The summed E-state index contributed by atoms with van der Waals surface area (Å²) in [6.07, 6.45) is -0.197. The maximum atomic E-state index is 13.0. The van der Waals surface area contributed by atoms with Gasteiger partial charge in [-0.15, -0.1) is 0 Å². The van der Waals surface area contributed by atoms with Gasteiger partial charge in [-0.05, 0) is 35.1 Å². The van der Waals surface area contributed by atoms with E-state index in [1.165, 1.54) is 12.1 Å². The van der Waals surface area contributed by atoms with Crippen LogP contribution in [0.25, 0.3) is 0 Å². The van der Waals surface area contributed by atoms with Gasteiger partial charge in [0, 0.05) is 6.54 Å². The average molecular weight is 397 g/mol. The second kappa shape index (κ2) is 9.87. The van der Waals surface area contributed by atoms with Crippen molar-refractivity contribution in [2.24, 2.45) is 0 Å². The molecule has 2 aromatic carbocycles. The number of carboxylic acid groups (broad SMARTS) is 1. The molecule has 29 heavy (non-hydrogen) atoms. The monoisotopic (exact) mass is 397 g/mol. The molecule has 6 nitrogen and oxygen atoms in total. The molecule has 0 bridgehead atoms. The van der Waals surface area contributed by atoms with Crippen LogP contribution in [0.1, 0.15) is 77.8 Å². The first kappa shape index (κ1) is 22.1. The molecule has 0 saturated heterocycles. The Morgan fingerprint density at radius 3 is 1.97 bits per heavy atom. The van der Waals surface area contributed by atoms with Crippen LogP contribution in [-0.2, 0) is 4.79 Å². The first-order chi connectivity index (χ1) is 13.7. The van der Waals surface area contributed by atoms with E-state index in [-0.39, 0.29) is 35.9 Å². The Kier molecular flexibility index (Phi) is 7.53. The van der Waals surface area contributed by atoms with Crippen LogP contribution in [0.2, 0.25) is 0 Å². The quantitative estimate of drug-likeness (QED) is 0.510. The lowest BCUT2D eigenvalue weighted by atomic mass is 9.94. The molecule has 0 fully saturated rings. The molecule has 2 rings (SSSR count). The van der Waals surface area contributed by atoms with Gasteiger partial charge in [-0.1, -0.05) is 58.0 Å². The summed E-state index contributed by atoms with van der Waals surface area (Å²) < 4.78 is 5.81. The van der Waals surface area contributed by atoms with E-state index in [9.17, 15) is 14.4 Å². The maximum absolute atomic E-state index is 13.0. The zero-order valence-electron chi connectivity index (χ0n) is 17.2. The van der Waals surface area contributed by atoms with Gasteiger partial charge in [0.2, 0.25) is 0 Å². The van der Waals surface area contributed by atoms with Crippen molar-refractivity contribution in [1.82, 2.24) is 5.32 Å². The van der Waals surface area contributed by atoms with Gasteiger partial charge in [-0.25, -0.2) is 4.79 Å². The minimum atomic E-state index is -1.01. The fourth-order valence-corrected chi connectivity index (χ4v) is 2.99. The van der Waals surface area contributed by atoms with Crippen molar-refractivity contribution in [3.63, 3.8) is 0 Å². The van der Waals surface area contributed by atoms with Crippen LogP contribution in [0, 0.1) is 0 Å². The lowest BCUT2D eigenvalue weighted by Gasteiger charge is -2.19. The Hall–Kier alpha value is -3.15. The fraction of sp³-hybridized carbons (Fsp3) is 0.348. The molecule has 0 aliphatic heterocycles. The smallest absolute Gasteiger partial charge is 0.344 e. The van der Waals surface area contributed by atoms with Crippen LogP contribution < -0.4 is 10.1 Å². The third kappa shape index (κ3) is 5.67. The Bertz CT molecular complexity index is 876. The van der Waals surface area contributed by atoms with Crippen molar-refractivity contribution >= 4 is 17.8 Å². The molecule has 0 unspecified atom stereocenters. The van der Waals surface area contributed by atoms with Gasteiger partial charge in [0.05, 0.1) is 17.5 Å². The molecule has 2 aromatic rings. The van der Waals surface area contributed by atoms with Crippen molar-refractivity contribution in [1.29, 1.82) is 0 Å². The number of carbonyl (C=O) groups excluding carboxylic acids is 2. The number of hydrogen-bond donors (Lipinski definition) is 2. The summed E-state index contributed by atoms with van der Waals surface area (Å²) in [5.74, 6) is -1.30. The van der Waals surface area contributed by atoms with Crippen molar-refractivity contribution in [2.75, 3.05) is 6.54 Å². The summed E-state index contributed by atoms with van der Waals surface area (Å²) >= 11 is 0. The van der Waals surface area contributed by atoms with Crippen LogP contribution in [0.5, 0.6) is 5.75 Å². The maximum Gasteiger partial charge on any atom is 0.344 e. The van der Waals surface area contributed by atoms with Crippen LogP contribution in [0.4, 0.5) is 0 Å². The number of carbonyl (C=O) groups is 3. The van der Waals surface area contributed by atoms with Crippen LogP contribution in [0.3, 0.4) is 0 Å². The number of para-hydroxylation sites is 1. The number of aliphatic carboxylic acids is 1. The van der Waals surface area contributed by atoms with Gasteiger partial charge in [0.15, 0.2) is 0 Å². The molecule has 0 atom stereocenters. The predicted octanol–water partition coefficient (Wildman–Crippen LogP) is 4.36. The molecule has 0 spiro atoms. The van der Waals surface area contributed by atoms with Gasteiger partial charge in [-0.2, -0.15) is 0 Å². The number of carboxylic acids is 1. The molecule has 2 N–H and O–H groups in total. The van der Waals surface area contributed by atoms with Gasteiger partial charge in [0.25, 0.3) is 5.91 Å². The van der Waals surface area contributed by atoms with Crippen molar-refractivity contribution in [2.45, 2.75) is 46.0 Å². The van der Waals surface area contributed by atoms with Crippen LogP contribution in [-0.4, -0.2) is 29.5 Å². The second-order valence-electron chi connectivity index (χ2n) is 7.41. The Morgan fingerprint density at radius 1 is 0.897 bits per heavy atom. The summed E-state index contributed by atoms with van der Waals surface area (Å²) in [6, 6.07) is 12.2. The van der Waals surface area contributed by atoms with Gasteiger partial charge in [0.1, 0.15) is 5.75 Å².